The van der Waals surface area contributed by atoms with E-state index in [0.29, 0.717) is 36.2 Å². The van der Waals surface area contributed by atoms with E-state index in [1.54, 1.807) is 18.2 Å². The lowest BCUT2D eigenvalue weighted by atomic mass is 10.1. The lowest BCUT2D eigenvalue weighted by Crippen LogP contribution is -2.12. The fourth-order valence-corrected chi connectivity index (χ4v) is 1.52. The van der Waals surface area contributed by atoms with Gasteiger partial charge in [-0.1, -0.05) is 13.5 Å². The average Bonchev–Trinajstić information content (AvgIpc) is 2.50. The maximum Gasteiger partial charge on any atom is 0.185 e. The van der Waals surface area contributed by atoms with E-state index in [4.69, 9.17) is 9.47 Å². The molecule has 0 saturated carbocycles. The summed E-state index contributed by atoms with van der Waals surface area (Å²) in [5, 5.41) is 0. The summed E-state index contributed by atoms with van der Waals surface area (Å²) in [6.07, 6.45) is 1.29. The molecule has 0 amide bonds. The van der Waals surface area contributed by atoms with E-state index in [2.05, 4.69) is 13.5 Å². The second kappa shape index (κ2) is 4.39. The Bertz CT molecular complexity index is 423. The molecular weight excluding hydrogens is 204 g/mol. The number of hydrogen-bond acceptors (Lipinski definition) is 3. The van der Waals surface area contributed by atoms with E-state index >= 15 is 0 Å². The van der Waals surface area contributed by atoms with Crippen LogP contribution in [0.4, 0.5) is 0 Å². The van der Waals surface area contributed by atoms with Crippen molar-refractivity contribution >= 4 is 5.78 Å². The van der Waals surface area contributed by atoms with Crippen molar-refractivity contribution in [3.8, 4) is 11.5 Å². The third-order valence-electron chi connectivity index (χ3n) is 2.46. The van der Waals surface area contributed by atoms with Crippen LogP contribution in [0.1, 0.15) is 17.3 Å². The van der Waals surface area contributed by atoms with Gasteiger partial charge in [0.25, 0.3) is 0 Å². The van der Waals surface area contributed by atoms with Crippen LogP contribution in [0.15, 0.2) is 30.9 Å². The Labute approximate surface area is 94.7 Å². The van der Waals surface area contributed by atoms with Gasteiger partial charge in [0.1, 0.15) is 0 Å². The van der Waals surface area contributed by atoms with Gasteiger partial charge in [-0.15, -0.1) is 0 Å². The van der Waals surface area contributed by atoms with Crippen LogP contribution in [0, 0.1) is 5.92 Å². The van der Waals surface area contributed by atoms with Gasteiger partial charge in [0.15, 0.2) is 17.3 Å². The Morgan fingerprint density at radius 3 is 2.75 bits per heavy atom. The molecule has 1 aliphatic heterocycles. The van der Waals surface area contributed by atoms with Crippen molar-refractivity contribution in [1.82, 2.24) is 0 Å². The molecule has 0 N–H and O–H groups in total. The molecule has 3 heteroatoms. The minimum Gasteiger partial charge on any atom is -0.489 e. The van der Waals surface area contributed by atoms with Crippen LogP contribution in [0.2, 0.25) is 0 Å². The lowest BCUT2D eigenvalue weighted by Gasteiger charge is -2.07. The zero-order valence-electron chi connectivity index (χ0n) is 9.23. The first kappa shape index (κ1) is 10.7. The Balaban J connectivity index is 2.32. The van der Waals surface area contributed by atoms with Crippen molar-refractivity contribution in [3.05, 3.63) is 36.4 Å². The molecule has 84 valence electrons. The van der Waals surface area contributed by atoms with E-state index in [1.165, 1.54) is 6.08 Å². The summed E-state index contributed by atoms with van der Waals surface area (Å²) in [4.78, 5) is 11.4. The molecule has 1 heterocycles. The third kappa shape index (κ3) is 2.08. The van der Waals surface area contributed by atoms with Gasteiger partial charge in [0.2, 0.25) is 0 Å². The van der Waals surface area contributed by atoms with Gasteiger partial charge in [-0.25, -0.2) is 0 Å². The molecule has 1 aromatic rings. The van der Waals surface area contributed by atoms with Gasteiger partial charge >= 0.3 is 0 Å². The standard InChI is InChI=1S/C13H14O3/c1-3-11(14)10-4-5-12-13(6-10)16-8-9(2)7-15-12/h3-6,9H,1,7-8H2,2H3. The number of ether oxygens (including phenoxy) is 2. The van der Waals surface area contributed by atoms with E-state index in [1.807, 2.05) is 0 Å². The van der Waals surface area contributed by atoms with Crippen molar-refractivity contribution < 1.29 is 14.3 Å². The molecule has 1 unspecified atom stereocenters. The second-order valence-electron chi connectivity index (χ2n) is 3.96. The van der Waals surface area contributed by atoms with Crippen LogP contribution in [-0.2, 0) is 0 Å². The average molecular weight is 218 g/mol. The molecule has 1 aliphatic rings. The Hall–Kier alpha value is -1.77. The molecule has 0 bridgehead atoms. The molecular formula is C13H14O3. The SMILES string of the molecule is C=CC(=O)c1ccc2c(c1)OCC(C)CO2. The first-order valence-electron chi connectivity index (χ1n) is 5.27. The number of rotatable bonds is 2. The zero-order chi connectivity index (χ0) is 11.5. The number of ketones is 1. The van der Waals surface area contributed by atoms with Crippen LogP contribution < -0.4 is 9.47 Å². The monoisotopic (exact) mass is 218 g/mol. The maximum atomic E-state index is 11.4. The summed E-state index contributed by atoms with van der Waals surface area (Å²) < 4.78 is 11.2. The number of hydrogen-bond donors (Lipinski definition) is 0. The Kier molecular flexibility index (Phi) is 2.95. The molecule has 1 atom stereocenters. The van der Waals surface area contributed by atoms with Crippen molar-refractivity contribution in [3.63, 3.8) is 0 Å². The van der Waals surface area contributed by atoms with Crippen molar-refractivity contribution in [2.75, 3.05) is 13.2 Å². The topological polar surface area (TPSA) is 35.5 Å². The van der Waals surface area contributed by atoms with Gasteiger partial charge in [0, 0.05) is 11.5 Å². The highest BCUT2D eigenvalue weighted by atomic mass is 16.5. The normalized spacial score (nSPS) is 18.7. The number of benzene rings is 1. The van der Waals surface area contributed by atoms with Crippen molar-refractivity contribution in [2.24, 2.45) is 5.92 Å². The number of allylic oxidation sites excluding steroid dienone is 1. The van der Waals surface area contributed by atoms with Gasteiger partial charge in [-0.2, -0.15) is 0 Å². The van der Waals surface area contributed by atoms with Crippen LogP contribution in [0.3, 0.4) is 0 Å². The molecule has 0 spiro atoms. The number of carbonyl (C=O) groups excluding carboxylic acids is 1. The highest BCUT2D eigenvalue weighted by Crippen LogP contribution is 2.31. The first-order valence-corrected chi connectivity index (χ1v) is 5.27. The minimum absolute atomic E-state index is 0.108. The number of fused-ring (bicyclic) bond motifs is 1. The lowest BCUT2D eigenvalue weighted by molar-refractivity contribution is 0.104. The summed E-state index contributed by atoms with van der Waals surface area (Å²) in [6.45, 7) is 6.77. The third-order valence-corrected chi connectivity index (χ3v) is 2.46. The zero-order valence-corrected chi connectivity index (χ0v) is 9.23. The molecule has 1 aromatic carbocycles. The van der Waals surface area contributed by atoms with E-state index in [0.717, 1.165) is 0 Å². The molecule has 16 heavy (non-hydrogen) atoms. The van der Waals surface area contributed by atoms with Crippen LogP contribution in [0.5, 0.6) is 11.5 Å². The van der Waals surface area contributed by atoms with Crippen molar-refractivity contribution in [2.45, 2.75) is 6.92 Å². The maximum absolute atomic E-state index is 11.4. The largest absolute Gasteiger partial charge is 0.489 e. The smallest absolute Gasteiger partial charge is 0.185 e. The summed E-state index contributed by atoms with van der Waals surface area (Å²) in [7, 11) is 0. The second-order valence-corrected chi connectivity index (χ2v) is 3.96. The van der Waals surface area contributed by atoms with Crippen molar-refractivity contribution in [1.29, 1.82) is 0 Å². The fourth-order valence-electron chi connectivity index (χ4n) is 1.52. The summed E-state index contributed by atoms with van der Waals surface area (Å²) in [5.74, 6) is 1.58. The first-order chi connectivity index (χ1) is 7.70. The van der Waals surface area contributed by atoms with E-state index in [-0.39, 0.29) is 5.78 Å². The minimum atomic E-state index is -0.108. The van der Waals surface area contributed by atoms with E-state index in [9.17, 15) is 4.79 Å². The number of carbonyl (C=O) groups is 1. The molecule has 0 saturated heterocycles. The van der Waals surface area contributed by atoms with Crippen LogP contribution in [0.25, 0.3) is 0 Å². The summed E-state index contributed by atoms with van der Waals surface area (Å²) >= 11 is 0. The molecule has 0 aromatic heterocycles. The quantitative estimate of drug-likeness (QED) is 0.565. The Morgan fingerprint density at radius 1 is 1.38 bits per heavy atom. The molecule has 0 fully saturated rings. The summed E-state index contributed by atoms with van der Waals surface area (Å²) in [6, 6.07) is 5.20. The fraction of sp³-hybridized carbons (Fsp3) is 0.308. The predicted molar refractivity (Wildman–Crippen MR) is 61.1 cm³/mol. The van der Waals surface area contributed by atoms with Gasteiger partial charge in [-0.3, -0.25) is 4.79 Å². The Morgan fingerprint density at radius 2 is 2.06 bits per heavy atom. The molecule has 3 nitrogen and oxygen atoms in total. The van der Waals surface area contributed by atoms with Gasteiger partial charge in [0.05, 0.1) is 13.2 Å². The molecule has 2 rings (SSSR count). The molecule has 0 radical (unpaired) electrons. The predicted octanol–water partition coefficient (Wildman–Crippen LogP) is 2.46. The summed E-state index contributed by atoms with van der Waals surface area (Å²) in [5.41, 5.74) is 0.576. The van der Waals surface area contributed by atoms with E-state index < -0.39 is 0 Å². The molecule has 0 aliphatic carbocycles. The van der Waals surface area contributed by atoms with Gasteiger partial charge < -0.3 is 9.47 Å². The highest BCUT2D eigenvalue weighted by Gasteiger charge is 2.16. The highest BCUT2D eigenvalue weighted by molar-refractivity contribution is 6.04. The van der Waals surface area contributed by atoms with Crippen LogP contribution in [-0.4, -0.2) is 19.0 Å². The van der Waals surface area contributed by atoms with Gasteiger partial charge in [-0.05, 0) is 24.3 Å². The van der Waals surface area contributed by atoms with Crippen LogP contribution >= 0.6 is 0 Å².